The van der Waals surface area contributed by atoms with E-state index >= 15 is 0 Å². The summed E-state index contributed by atoms with van der Waals surface area (Å²) in [6, 6.07) is 6.41. The summed E-state index contributed by atoms with van der Waals surface area (Å²) >= 11 is 5.94. The molecule has 0 fully saturated rings. The van der Waals surface area contributed by atoms with Gasteiger partial charge in [-0.05, 0) is 102 Å². The molecule has 52 heavy (non-hydrogen) atoms. The van der Waals surface area contributed by atoms with Crippen LogP contribution in [0.25, 0.3) is 0 Å². The molecule has 0 heterocycles. The molecule has 4 N–H and O–H groups in total. The lowest BCUT2D eigenvalue weighted by atomic mass is 9.88. The molecule has 0 saturated carbocycles. The van der Waals surface area contributed by atoms with Crippen LogP contribution in [0.3, 0.4) is 0 Å². The van der Waals surface area contributed by atoms with Gasteiger partial charge in [0.05, 0.1) is 19.3 Å². The number of allylic oxidation sites excluding steroid dienone is 12. The highest BCUT2D eigenvalue weighted by atomic mass is 35.5. The van der Waals surface area contributed by atoms with E-state index < -0.39 is 35.7 Å². The number of hydrogen-bond donors (Lipinski definition) is 4. The molecule has 2 atom stereocenters. The van der Waals surface area contributed by atoms with Gasteiger partial charge in [0.2, 0.25) is 5.91 Å². The minimum Gasteiger partial charge on any atom is -0.478 e. The Bertz CT molecular complexity index is 1350. The van der Waals surface area contributed by atoms with E-state index in [0.717, 1.165) is 38.5 Å². The first-order valence-electron chi connectivity index (χ1n) is 18.4. The van der Waals surface area contributed by atoms with E-state index in [4.69, 9.17) is 21.1 Å². The first-order chi connectivity index (χ1) is 25.0. The Hall–Kier alpha value is -3.92. The Kier molecular flexibility index (Phi) is 24.6. The lowest BCUT2D eigenvalue weighted by Gasteiger charge is -2.37. The maximum atomic E-state index is 13.4. The van der Waals surface area contributed by atoms with Gasteiger partial charge in [-0.25, -0.2) is 4.79 Å². The van der Waals surface area contributed by atoms with Gasteiger partial charge in [0.1, 0.15) is 5.75 Å². The fraction of sp³-hybridized carbons (Fsp3) is 0.500. The van der Waals surface area contributed by atoms with Crippen LogP contribution >= 0.6 is 11.6 Å². The second-order valence-electron chi connectivity index (χ2n) is 12.7. The van der Waals surface area contributed by atoms with Crippen molar-refractivity contribution in [1.29, 1.82) is 0 Å². The molecule has 0 bridgehead atoms. The fourth-order valence-electron chi connectivity index (χ4n) is 4.71. The summed E-state index contributed by atoms with van der Waals surface area (Å²) in [5.74, 6) is -1.48. The molecule has 0 spiro atoms. The molecule has 0 aromatic heterocycles. The van der Waals surface area contributed by atoms with Crippen molar-refractivity contribution in [3.63, 3.8) is 0 Å². The van der Waals surface area contributed by atoms with E-state index in [0.29, 0.717) is 30.0 Å². The summed E-state index contributed by atoms with van der Waals surface area (Å²) in [6.45, 7) is 6.31. The van der Waals surface area contributed by atoms with Crippen molar-refractivity contribution in [2.45, 2.75) is 116 Å². The molecule has 9 nitrogen and oxygen atoms in total. The molecule has 288 valence electrons. The number of amides is 2. The first kappa shape index (κ1) is 46.1. The van der Waals surface area contributed by atoms with Gasteiger partial charge in [-0.2, -0.15) is 0 Å². The minimum atomic E-state index is -2.13. The second-order valence-corrected chi connectivity index (χ2v) is 13.2. The van der Waals surface area contributed by atoms with E-state index in [1.54, 1.807) is 31.2 Å². The summed E-state index contributed by atoms with van der Waals surface area (Å²) in [4.78, 5) is 38.8. The number of benzene rings is 1. The van der Waals surface area contributed by atoms with Gasteiger partial charge in [-0.1, -0.05) is 98.4 Å². The van der Waals surface area contributed by atoms with Crippen LogP contribution in [0.2, 0.25) is 5.02 Å². The SMILES string of the molecule is CC/C=C\C/C=C\C/C=C\C/C=C\C/C=C\C/C=C\CCC(=O)NCCCC(O)C(CO)(NC(=O)C(C)(C)Oc1ccc(Cl)cc1)C(=O)OCCC. The molecule has 0 saturated heterocycles. The third kappa shape index (κ3) is 19.6. The van der Waals surface area contributed by atoms with Crippen LogP contribution < -0.4 is 15.4 Å². The zero-order chi connectivity index (χ0) is 38.5. The molecule has 2 amide bonds. The maximum Gasteiger partial charge on any atom is 0.337 e. The van der Waals surface area contributed by atoms with E-state index in [1.165, 1.54) is 13.8 Å². The monoisotopic (exact) mass is 740 g/mol. The molecule has 2 unspecified atom stereocenters. The van der Waals surface area contributed by atoms with Gasteiger partial charge in [0.25, 0.3) is 5.91 Å². The molecule has 0 radical (unpaired) electrons. The number of carbonyl (C=O) groups excluding carboxylic acids is 3. The second kappa shape index (κ2) is 27.7. The molecule has 1 rings (SSSR count). The van der Waals surface area contributed by atoms with Gasteiger partial charge in [-0.15, -0.1) is 0 Å². The summed E-state index contributed by atoms with van der Waals surface area (Å²) < 4.78 is 11.1. The van der Waals surface area contributed by atoms with Crippen molar-refractivity contribution in [2.24, 2.45) is 0 Å². The Morgan fingerprint density at radius 3 is 1.85 bits per heavy atom. The zero-order valence-corrected chi connectivity index (χ0v) is 32.3. The standard InChI is InChI=1S/C42H61ClN2O7/c1-5-7-8-9-10-11-12-13-14-15-16-17-18-19-20-21-22-23-24-27-38(48)44-32-25-26-37(47)42(34-46,40(50)51-33-6-2)45-39(49)41(3,4)52-36-30-28-35(43)29-31-36/h7-8,10-11,13-14,16-17,19-20,22-23,28-31,37,46-47H,5-6,9,12,15,18,21,24-27,32-34H2,1-4H3,(H,44,48)(H,45,49)/b8-7-,11-10-,14-13-,17-16-,20-19-,23-22-. The molecule has 0 aliphatic carbocycles. The lowest BCUT2D eigenvalue weighted by Crippen LogP contribution is -2.68. The lowest BCUT2D eigenvalue weighted by molar-refractivity contribution is -0.165. The predicted molar refractivity (Wildman–Crippen MR) is 211 cm³/mol. The van der Waals surface area contributed by atoms with Crippen LogP contribution in [0.1, 0.15) is 98.3 Å². The maximum absolute atomic E-state index is 13.4. The Labute approximate surface area is 316 Å². The minimum absolute atomic E-state index is 0.00599. The van der Waals surface area contributed by atoms with Crippen LogP contribution in [0, 0.1) is 0 Å². The van der Waals surface area contributed by atoms with Crippen molar-refractivity contribution < 1.29 is 34.1 Å². The van der Waals surface area contributed by atoms with Crippen molar-refractivity contribution >= 4 is 29.4 Å². The summed E-state index contributed by atoms with van der Waals surface area (Å²) in [7, 11) is 0. The van der Waals surface area contributed by atoms with E-state index in [9.17, 15) is 24.6 Å². The molecular weight excluding hydrogens is 680 g/mol. The van der Waals surface area contributed by atoms with Crippen molar-refractivity contribution in [2.75, 3.05) is 19.8 Å². The van der Waals surface area contributed by atoms with Crippen LogP contribution in [0.4, 0.5) is 0 Å². The molecule has 1 aromatic carbocycles. The normalized spacial score (nSPS) is 14.2. The fourth-order valence-corrected chi connectivity index (χ4v) is 4.84. The molecular formula is C42H61ClN2O7. The number of hydrogen-bond acceptors (Lipinski definition) is 7. The predicted octanol–water partition coefficient (Wildman–Crippen LogP) is 8.03. The number of nitrogens with one attached hydrogen (secondary N) is 2. The molecule has 1 aromatic rings. The van der Waals surface area contributed by atoms with Gasteiger partial charge < -0.3 is 30.3 Å². The van der Waals surface area contributed by atoms with Gasteiger partial charge >= 0.3 is 5.97 Å². The van der Waals surface area contributed by atoms with E-state index in [2.05, 4.69) is 78.3 Å². The van der Waals surface area contributed by atoms with Gasteiger partial charge in [0.15, 0.2) is 11.1 Å². The number of aliphatic hydroxyl groups excluding tert-OH is 2. The highest BCUT2D eigenvalue weighted by Gasteiger charge is 2.50. The third-order valence-electron chi connectivity index (χ3n) is 7.80. The molecule has 0 aliphatic heterocycles. The van der Waals surface area contributed by atoms with E-state index in [-0.39, 0.29) is 31.9 Å². The highest BCUT2D eigenvalue weighted by molar-refractivity contribution is 6.30. The number of rotatable bonds is 27. The molecule has 0 aliphatic rings. The number of ether oxygens (including phenoxy) is 2. The Morgan fingerprint density at radius 2 is 1.35 bits per heavy atom. The average Bonchev–Trinajstić information content (AvgIpc) is 3.12. The Morgan fingerprint density at radius 1 is 0.827 bits per heavy atom. The topological polar surface area (TPSA) is 134 Å². The van der Waals surface area contributed by atoms with Gasteiger partial charge in [0, 0.05) is 18.0 Å². The Balaban J connectivity index is 2.45. The van der Waals surface area contributed by atoms with E-state index in [1.807, 2.05) is 12.2 Å². The summed E-state index contributed by atoms with van der Waals surface area (Å²) in [6.07, 6.45) is 31.4. The van der Waals surface area contributed by atoms with Gasteiger partial charge in [-0.3, -0.25) is 9.59 Å². The number of carbonyl (C=O) groups is 3. The van der Waals surface area contributed by atoms with Crippen molar-refractivity contribution in [1.82, 2.24) is 10.6 Å². The zero-order valence-electron chi connectivity index (χ0n) is 31.5. The first-order valence-corrected chi connectivity index (χ1v) is 18.8. The number of aliphatic hydroxyl groups is 2. The smallest absolute Gasteiger partial charge is 0.337 e. The van der Waals surface area contributed by atoms with Crippen molar-refractivity contribution in [3.8, 4) is 5.75 Å². The van der Waals surface area contributed by atoms with Crippen molar-refractivity contribution in [3.05, 3.63) is 102 Å². The van der Waals surface area contributed by atoms with Crippen LogP contribution in [0.15, 0.2) is 97.2 Å². The quantitative estimate of drug-likeness (QED) is 0.0408. The van der Waals surface area contributed by atoms with Crippen LogP contribution in [0.5, 0.6) is 5.75 Å². The molecule has 10 heteroatoms. The third-order valence-corrected chi connectivity index (χ3v) is 8.05. The van der Waals surface area contributed by atoms with Crippen LogP contribution in [-0.4, -0.2) is 65.0 Å². The summed E-state index contributed by atoms with van der Waals surface area (Å²) in [5.41, 5.74) is -3.62. The number of halogens is 1. The van der Waals surface area contributed by atoms with Crippen LogP contribution in [-0.2, 0) is 19.1 Å². The highest BCUT2D eigenvalue weighted by Crippen LogP contribution is 2.24. The number of esters is 1. The largest absolute Gasteiger partial charge is 0.478 e. The summed E-state index contributed by atoms with van der Waals surface area (Å²) in [5, 5.41) is 27.3. The average molecular weight is 741 g/mol.